The maximum absolute atomic E-state index is 12.4. The highest BCUT2D eigenvalue weighted by Crippen LogP contribution is 2.31. The van der Waals surface area contributed by atoms with Crippen molar-refractivity contribution < 1.29 is 19.4 Å². The second-order valence-corrected chi connectivity index (χ2v) is 7.35. The molecule has 0 bridgehead atoms. The number of pyridine rings is 2. The zero-order chi connectivity index (χ0) is 22.3. The third kappa shape index (κ3) is 5.04. The van der Waals surface area contributed by atoms with Gasteiger partial charge in [-0.15, -0.1) is 0 Å². The van der Waals surface area contributed by atoms with Crippen LogP contribution >= 0.6 is 0 Å². The van der Waals surface area contributed by atoms with E-state index in [2.05, 4.69) is 25.3 Å². The maximum Gasteiger partial charge on any atom is 0.252 e. The number of rotatable bonds is 8. The molecular formula is C22H26N6O4. The van der Waals surface area contributed by atoms with E-state index >= 15 is 0 Å². The smallest absolute Gasteiger partial charge is 0.252 e. The van der Waals surface area contributed by atoms with E-state index in [1.54, 1.807) is 36.7 Å². The zero-order valence-corrected chi connectivity index (χ0v) is 17.9. The minimum atomic E-state index is -0.180. The molecule has 1 fully saturated rings. The van der Waals surface area contributed by atoms with Gasteiger partial charge in [-0.3, -0.25) is 9.69 Å². The van der Waals surface area contributed by atoms with E-state index in [0.717, 1.165) is 39.3 Å². The highest BCUT2D eigenvalue weighted by molar-refractivity contribution is 5.93. The van der Waals surface area contributed by atoms with Crippen molar-refractivity contribution in [3.05, 3.63) is 48.4 Å². The predicted octanol–water partition coefficient (Wildman–Crippen LogP) is 1.50. The van der Waals surface area contributed by atoms with Crippen LogP contribution in [-0.2, 0) is 4.74 Å². The summed E-state index contributed by atoms with van der Waals surface area (Å²) in [6.07, 6.45) is 5.49. The van der Waals surface area contributed by atoms with Crippen LogP contribution in [0.3, 0.4) is 0 Å². The van der Waals surface area contributed by atoms with Gasteiger partial charge in [0.05, 0.1) is 37.6 Å². The first-order valence-electron chi connectivity index (χ1n) is 10.5. The average molecular weight is 438 g/mol. The van der Waals surface area contributed by atoms with Gasteiger partial charge in [-0.05, 0) is 36.7 Å². The summed E-state index contributed by atoms with van der Waals surface area (Å²) in [5.41, 5.74) is 1.69. The Labute approximate surface area is 185 Å². The topological polar surface area (TPSA) is 115 Å². The Morgan fingerprint density at radius 1 is 1.22 bits per heavy atom. The first-order chi connectivity index (χ1) is 15.7. The Morgan fingerprint density at radius 2 is 2.06 bits per heavy atom. The Hall–Kier alpha value is -3.50. The summed E-state index contributed by atoms with van der Waals surface area (Å²) in [5, 5.41) is 17.8. The number of hydrogen-bond donors (Lipinski definition) is 2. The molecule has 2 N–H and O–H groups in total. The molecule has 0 spiro atoms. The summed E-state index contributed by atoms with van der Waals surface area (Å²) in [5.74, 6) is 0.595. The van der Waals surface area contributed by atoms with Crippen molar-refractivity contribution >= 4 is 5.91 Å². The molecule has 10 heteroatoms. The standard InChI is InChI=1S/C22H26N6O4/c1-31-20-13-16(5-7-23-20)18-15-26-28(22(18)30)19-4-3-17(14-25-19)21(29)24-6-2-8-27-9-11-32-12-10-27/h3-5,7,13-15,30H,2,6,8-12H2,1H3,(H,24,29). The molecule has 1 saturated heterocycles. The number of methoxy groups -OCH3 is 1. The predicted molar refractivity (Wildman–Crippen MR) is 117 cm³/mol. The second kappa shape index (κ2) is 10.2. The van der Waals surface area contributed by atoms with Crippen molar-refractivity contribution in [3.8, 4) is 28.7 Å². The van der Waals surface area contributed by atoms with Crippen LogP contribution in [0, 0.1) is 0 Å². The van der Waals surface area contributed by atoms with Gasteiger partial charge in [-0.1, -0.05) is 0 Å². The molecule has 0 aliphatic carbocycles. The molecule has 0 atom stereocenters. The monoisotopic (exact) mass is 438 g/mol. The molecule has 0 saturated carbocycles. The van der Waals surface area contributed by atoms with Crippen LogP contribution in [0.1, 0.15) is 16.8 Å². The maximum atomic E-state index is 12.4. The number of carbonyl (C=O) groups excluding carboxylic acids is 1. The molecule has 1 amide bonds. The van der Waals surface area contributed by atoms with Crippen LogP contribution in [0.15, 0.2) is 42.9 Å². The molecule has 168 valence electrons. The van der Waals surface area contributed by atoms with Crippen LogP contribution in [-0.4, -0.2) is 82.2 Å². The average Bonchev–Trinajstić information content (AvgIpc) is 3.23. The number of aromatic nitrogens is 4. The van der Waals surface area contributed by atoms with Crippen LogP contribution in [0.25, 0.3) is 16.9 Å². The van der Waals surface area contributed by atoms with Crippen molar-refractivity contribution in [2.45, 2.75) is 6.42 Å². The third-order valence-electron chi connectivity index (χ3n) is 5.27. The fourth-order valence-electron chi connectivity index (χ4n) is 3.48. The van der Waals surface area contributed by atoms with Crippen LogP contribution < -0.4 is 10.1 Å². The number of nitrogens with one attached hydrogen (secondary N) is 1. The highest BCUT2D eigenvalue weighted by Gasteiger charge is 2.15. The molecule has 3 aromatic rings. The summed E-state index contributed by atoms with van der Waals surface area (Å²) >= 11 is 0. The van der Waals surface area contributed by atoms with E-state index in [9.17, 15) is 9.90 Å². The lowest BCUT2D eigenvalue weighted by molar-refractivity contribution is 0.0374. The van der Waals surface area contributed by atoms with Gasteiger partial charge in [0.1, 0.15) is 0 Å². The van der Waals surface area contributed by atoms with E-state index < -0.39 is 0 Å². The molecule has 0 unspecified atom stereocenters. The van der Waals surface area contributed by atoms with Crippen molar-refractivity contribution in [2.24, 2.45) is 0 Å². The molecule has 0 radical (unpaired) electrons. The largest absolute Gasteiger partial charge is 0.493 e. The summed E-state index contributed by atoms with van der Waals surface area (Å²) < 4.78 is 11.8. The number of carbonyl (C=O) groups is 1. The molecule has 1 aliphatic heterocycles. The molecule has 3 aromatic heterocycles. The van der Waals surface area contributed by atoms with E-state index in [1.165, 1.54) is 18.0 Å². The van der Waals surface area contributed by atoms with E-state index in [-0.39, 0.29) is 11.8 Å². The lowest BCUT2D eigenvalue weighted by Crippen LogP contribution is -2.38. The third-order valence-corrected chi connectivity index (χ3v) is 5.27. The molecule has 4 heterocycles. The van der Waals surface area contributed by atoms with Gasteiger partial charge in [-0.25, -0.2) is 9.97 Å². The van der Waals surface area contributed by atoms with Crippen molar-refractivity contribution in [3.63, 3.8) is 0 Å². The van der Waals surface area contributed by atoms with E-state index in [4.69, 9.17) is 9.47 Å². The minimum absolute atomic E-state index is 0.0638. The van der Waals surface area contributed by atoms with Gasteiger partial charge in [-0.2, -0.15) is 9.78 Å². The molecule has 1 aliphatic rings. The number of morpholine rings is 1. The van der Waals surface area contributed by atoms with Gasteiger partial charge in [0, 0.05) is 38.1 Å². The number of aromatic hydroxyl groups is 1. The van der Waals surface area contributed by atoms with Crippen LogP contribution in [0.5, 0.6) is 11.8 Å². The molecule has 4 rings (SSSR count). The second-order valence-electron chi connectivity index (χ2n) is 7.35. The molecule has 10 nitrogen and oxygen atoms in total. The Morgan fingerprint density at radius 3 is 2.81 bits per heavy atom. The number of ether oxygens (including phenoxy) is 2. The van der Waals surface area contributed by atoms with Crippen molar-refractivity contribution in [2.75, 3.05) is 46.5 Å². The fourth-order valence-corrected chi connectivity index (χ4v) is 3.48. The fraction of sp³-hybridized carbons (Fsp3) is 0.364. The van der Waals surface area contributed by atoms with E-state index in [0.29, 0.717) is 34.9 Å². The first kappa shape index (κ1) is 21.7. The molecular weight excluding hydrogens is 412 g/mol. The van der Waals surface area contributed by atoms with Gasteiger partial charge in [0.25, 0.3) is 5.91 Å². The van der Waals surface area contributed by atoms with Crippen LogP contribution in [0.2, 0.25) is 0 Å². The highest BCUT2D eigenvalue weighted by atomic mass is 16.5. The zero-order valence-electron chi connectivity index (χ0n) is 17.9. The Balaban J connectivity index is 1.36. The molecule has 32 heavy (non-hydrogen) atoms. The first-order valence-corrected chi connectivity index (χ1v) is 10.5. The van der Waals surface area contributed by atoms with Gasteiger partial charge in [0.15, 0.2) is 5.82 Å². The van der Waals surface area contributed by atoms with Crippen LogP contribution in [0.4, 0.5) is 0 Å². The van der Waals surface area contributed by atoms with Gasteiger partial charge < -0.3 is 19.9 Å². The Bertz CT molecular complexity index is 1050. The SMILES string of the molecule is COc1cc(-c2cnn(-c3ccc(C(=O)NCCCN4CCOCC4)cn3)c2O)ccn1. The lowest BCUT2D eigenvalue weighted by Gasteiger charge is -2.26. The normalized spacial score (nSPS) is 14.3. The van der Waals surface area contributed by atoms with Crippen molar-refractivity contribution in [1.82, 2.24) is 30.0 Å². The number of hydrogen-bond acceptors (Lipinski definition) is 8. The summed E-state index contributed by atoms with van der Waals surface area (Å²) in [6, 6.07) is 6.77. The summed E-state index contributed by atoms with van der Waals surface area (Å²) in [6.45, 7) is 4.95. The van der Waals surface area contributed by atoms with Gasteiger partial charge in [0.2, 0.25) is 11.8 Å². The quantitative estimate of drug-likeness (QED) is 0.509. The Kier molecular flexibility index (Phi) is 6.93. The minimum Gasteiger partial charge on any atom is -0.493 e. The van der Waals surface area contributed by atoms with Gasteiger partial charge >= 0.3 is 0 Å². The molecule has 0 aromatic carbocycles. The van der Waals surface area contributed by atoms with Crippen molar-refractivity contribution in [1.29, 1.82) is 0 Å². The van der Waals surface area contributed by atoms with E-state index in [1.807, 2.05) is 0 Å². The summed E-state index contributed by atoms with van der Waals surface area (Å²) in [4.78, 5) is 23.1. The number of amides is 1. The summed E-state index contributed by atoms with van der Waals surface area (Å²) in [7, 11) is 1.53. The number of nitrogens with zero attached hydrogens (tertiary/aromatic N) is 5. The lowest BCUT2D eigenvalue weighted by atomic mass is 10.1.